The molecule has 0 spiro atoms. The second kappa shape index (κ2) is 3.62. The van der Waals surface area contributed by atoms with Crippen molar-refractivity contribution in [1.29, 1.82) is 0 Å². The Morgan fingerprint density at radius 2 is 1.67 bits per heavy atom. The van der Waals surface area contributed by atoms with Gasteiger partial charge in [-0.3, -0.25) is 4.79 Å². The largest absolute Gasteiger partial charge is 0.411 e. The highest BCUT2D eigenvalue weighted by atomic mass is 16.4. The number of hydrogen-bond acceptors (Lipinski definition) is 3. The quantitative estimate of drug-likeness (QED) is 0.535. The molecule has 1 aliphatic carbocycles. The minimum Gasteiger partial charge on any atom is -0.411 e. The van der Waals surface area contributed by atoms with Crippen LogP contribution >= 0.6 is 0 Å². The fraction of sp³-hybridized carbons (Fsp3) is 0.833. The first-order valence-electron chi connectivity index (χ1n) is 5.41. The van der Waals surface area contributed by atoms with Crippen LogP contribution in [0, 0.1) is 16.7 Å². The Balaban J connectivity index is 3.12. The molecule has 3 heteroatoms. The van der Waals surface area contributed by atoms with Gasteiger partial charge in [0.1, 0.15) is 5.78 Å². The van der Waals surface area contributed by atoms with Crippen LogP contribution in [-0.4, -0.2) is 16.7 Å². The highest BCUT2D eigenvalue weighted by Crippen LogP contribution is 2.50. The lowest BCUT2D eigenvalue weighted by Gasteiger charge is -2.47. The highest BCUT2D eigenvalue weighted by Gasteiger charge is 2.48. The standard InChI is InChI=1S/C12H21NO2/c1-8(14)10-11(2,3)6-9(13-15)7-12(10,4)5/h10,15H,6-7H2,1-5H3. The van der Waals surface area contributed by atoms with Gasteiger partial charge in [-0.15, -0.1) is 0 Å². The third kappa shape index (κ3) is 2.21. The van der Waals surface area contributed by atoms with Crippen molar-refractivity contribution >= 4 is 11.5 Å². The molecule has 15 heavy (non-hydrogen) atoms. The van der Waals surface area contributed by atoms with Crippen molar-refractivity contribution in [3.05, 3.63) is 0 Å². The van der Waals surface area contributed by atoms with Crippen molar-refractivity contribution in [3.8, 4) is 0 Å². The lowest BCUT2D eigenvalue weighted by atomic mass is 9.55. The molecule has 3 nitrogen and oxygen atoms in total. The average molecular weight is 211 g/mol. The molecule has 0 aromatic heterocycles. The number of oxime groups is 1. The van der Waals surface area contributed by atoms with E-state index in [0.29, 0.717) is 12.8 Å². The number of hydrogen-bond donors (Lipinski definition) is 1. The summed E-state index contributed by atoms with van der Waals surface area (Å²) >= 11 is 0. The second-order valence-corrected chi connectivity index (χ2v) is 6.04. The predicted octanol–water partition coefficient (Wildman–Crippen LogP) is 2.87. The SMILES string of the molecule is CC(=O)C1C(C)(C)CC(=NO)CC1(C)C. The Labute approximate surface area is 91.6 Å². The fourth-order valence-corrected chi connectivity index (χ4v) is 3.55. The molecule has 86 valence electrons. The number of ketones is 1. The van der Waals surface area contributed by atoms with Crippen LogP contribution < -0.4 is 0 Å². The van der Waals surface area contributed by atoms with Crippen molar-refractivity contribution in [2.24, 2.45) is 21.9 Å². The summed E-state index contributed by atoms with van der Waals surface area (Å²) in [6.45, 7) is 9.96. The monoisotopic (exact) mass is 211 g/mol. The number of Topliss-reactive ketones (excluding diaryl/α,β-unsaturated/α-hetero) is 1. The molecule has 1 aliphatic rings. The van der Waals surface area contributed by atoms with Crippen LogP contribution in [0.5, 0.6) is 0 Å². The van der Waals surface area contributed by atoms with Gasteiger partial charge in [0, 0.05) is 5.92 Å². The molecule has 0 saturated heterocycles. The van der Waals surface area contributed by atoms with Crippen LogP contribution in [0.1, 0.15) is 47.5 Å². The Morgan fingerprint density at radius 1 is 1.27 bits per heavy atom. The van der Waals surface area contributed by atoms with Crippen LogP contribution in [0.15, 0.2) is 5.16 Å². The molecule has 0 amide bonds. The van der Waals surface area contributed by atoms with Crippen molar-refractivity contribution in [3.63, 3.8) is 0 Å². The predicted molar refractivity (Wildman–Crippen MR) is 60.2 cm³/mol. The van der Waals surface area contributed by atoms with Gasteiger partial charge in [-0.1, -0.05) is 32.9 Å². The second-order valence-electron chi connectivity index (χ2n) is 6.04. The van der Waals surface area contributed by atoms with Crippen LogP contribution in [0.4, 0.5) is 0 Å². The van der Waals surface area contributed by atoms with E-state index in [1.165, 1.54) is 0 Å². The van der Waals surface area contributed by atoms with Crippen molar-refractivity contribution < 1.29 is 10.0 Å². The maximum Gasteiger partial charge on any atom is 0.133 e. The molecular formula is C12H21NO2. The zero-order valence-electron chi connectivity index (χ0n) is 10.3. The van der Waals surface area contributed by atoms with Crippen LogP contribution in [0.25, 0.3) is 0 Å². The molecule has 1 saturated carbocycles. The van der Waals surface area contributed by atoms with Crippen molar-refractivity contribution in [2.45, 2.75) is 47.5 Å². The summed E-state index contributed by atoms with van der Waals surface area (Å²) < 4.78 is 0. The molecule has 0 bridgehead atoms. The first kappa shape index (κ1) is 12.2. The third-order valence-electron chi connectivity index (χ3n) is 3.43. The van der Waals surface area contributed by atoms with Gasteiger partial charge in [-0.2, -0.15) is 0 Å². The molecule has 0 aromatic carbocycles. The van der Waals surface area contributed by atoms with Gasteiger partial charge in [0.2, 0.25) is 0 Å². The maximum absolute atomic E-state index is 11.7. The van der Waals surface area contributed by atoms with Crippen LogP contribution in [0.3, 0.4) is 0 Å². The molecule has 0 heterocycles. The molecule has 0 atom stereocenters. The van der Waals surface area contributed by atoms with Gasteiger partial charge >= 0.3 is 0 Å². The lowest BCUT2D eigenvalue weighted by Crippen LogP contribution is -2.47. The van der Waals surface area contributed by atoms with Crippen molar-refractivity contribution in [2.75, 3.05) is 0 Å². The summed E-state index contributed by atoms with van der Waals surface area (Å²) in [5.41, 5.74) is 0.576. The number of carbonyl (C=O) groups excluding carboxylic acids is 1. The van der Waals surface area contributed by atoms with Gasteiger partial charge in [-0.25, -0.2) is 0 Å². The summed E-state index contributed by atoms with van der Waals surface area (Å²) in [7, 11) is 0. The topological polar surface area (TPSA) is 49.7 Å². The molecule has 1 fully saturated rings. The summed E-state index contributed by atoms with van der Waals surface area (Å²) in [4.78, 5) is 11.7. The Hall–Kier alpha value is -0.860. The van der Waals surface area contributed by atoms with E-state index in [1.807, 2.05) is 0 Å². The summed E-state index contributed by atoms with van der Waals surface area (Å²) in [5, 5.41) is 12.2. The van der Waals surface area contributed by atoms with Gasteiger partial charge in [0.15, 0.2) is 0 Å². The van der Waals surface area contributed by atoms with Gasteiger partial charge < -0.3 is 5.21 Å². The number of nitrogens with zero attached hydrogens (tertiary/aromatic N) is 1. The van der Waals surface area contributed by atoms with E-state index in [1.54, 1.807) is 6.92 Å². The minimum atomic E-state index is -0.116. The first-order chi connectivity index (χ1) is 6.70. The van der Waals surface area contributed by atoms with Crippen molar-refractivity contribution in [1.82, 2.24) is 0 Å². The van der Waals surface area contributed by atoms with E-state index in [-0.39, 0.29) is 22.5 Å². The van der Waals surface area contributed by atoms with E-state index >= 15 is 0 Å². The average Bonchev–Trinajstić information content (AvgIpc) is 1.97. The zero-order chi connectivity index (χ0) is 11.9. The Kier molecular flexibility index (Phi) is 2.94. The molecule has 1 N–H and O–H groups in total. The lowest BCUT2D eigenvalue weighted by molar-refractivity contribution is -0.130. The van der Waals surface area contributed by atoms with Gasteiger partial charge in [0.05, 0.1) is 5.71 Å². The van der Waals surface area contributed by atoms with Crippen LogP contribution in [-0.2, 0) is 4.79 Å². The third-order valence-corrected chi connectivity index (χ3v) is 3.43. The van der Waals surface area contributed by atoms with E-state index in [4.69, 9.17) is 5.21 Å². The molecule has 0 aromatic rings. The maximum atomic E-state index is 11.7. The van der Waals surface area contributed by atoms with Gasteiger partial charge in [0.25, 0.3) is 0 Å². The number of carbonyl (C=O) groups is 1. The highest BCUT2D eigenvalue weighted by molar-refractivity contribution is 5.90. The summed E-state index contributed by atoms with van der Waals surface area (Å²) in [5.74, 6) is 0.275. The van der Waals surface area contributed by atoms with E-state index in [2.05, 4.69) is 32.9 Å². The first-order valence-corrected chi connectivity index (χ1v) is 5.41. The molecule has 0 aliphatic heterocycles. The molecular weight excluding hydrogens is 190 g/mol. The zero-order valence-corrected chi connectivity index (χ0v) is 10.3. The van der Waals surface area contributed by atoms with E-state index in [0.717, 1.165) is 5.71 Å². The van der Waals surface area contributed by atoms with E-state index < -0.39 is 0 Å². The number of rotatable bonds is 1. The Morgan fingerprint density at radius 3 is 1.93 bits per heavy atom. The summed E-state index contributed by atoms with van der Waals surface area (Å²) in [6.07, 6.45) is 1.41. The molecule has 1 rings (SSSR count). The van der Waals surface area contributed by atoms with Gasteiger partial charge in [-0.05, 0) is 30.6 Å². The molecule has 0 unspecified atom stereocenters. The minimum absolute atomic E-state index is 0.0375. The smallest absolute Gasteiger partial charge is 0.133 e. The van der Waals surface area contributed by atoms with E-state index in [9.17, 15) is 4.79 Å². The fourth-order valence-electron chi connectivity index (χ4n) is 3.55. The molecule has 0 radical (unpaired) electrons. The normalized spacial score (nSPS) is 28.6. The summed E-state index contributed by atoms with van der Waals surface area (Å²) in [6, 6.07) is 0. The van der Waals surface area contributed by atoms with Crippen LogP contribution in [0.2, 0.25) is 0 Å². The Bertz CT molecular complexity index is 283.